The molecule has 0 saturated carbocycles. The van der Waals surface area contributed by atoms with Gasteiger partial charge in [0.25, 0.3) is 0 Å². The van der Waals surface area contributed by atoms with Gasteiger partial charge in [-0.3, -0.25) is 9.58 Å². The van der Waals surface area contributed by atoms with E-state index in [2.05, 4.69) is 44.5 Å². The molecule has 8 nitrogen and oxygen atoms in total. The van der Waals surface area contributed by atoms with Crippen LogP contribution in [0, 0.1) is 6.92 Å². The van der Waals surface area contributed by atoms with Gasteiger partial charge in [-0.1, -0.05) is 0 Å². The number of amides is 2. The van der Waals surface area contributed by atoms with Crippen LogP contribution in [0.5, 0.6) is 0 Å². The molecule has 1 atom stereocenters. The highest BCUT2D eigenvalue weighted by molar-refractivity contribution is 5.92. The maximum absolute atomic E-state index is 12.2. The molecule has 1 unspecified atom stereocenters. The molecule has 25 heavy (non-hydrogen) atoms. The summed E-state index contributed by atoms with van der Waals surface area (Å²) >= 11 is 0. The van der Waals surface area contributed by atoms with Crippen LogP contribution in [0.3, 0.4) is 0 Å². The van der Waals surface area contributed by atoms with Gasteiger partial charge < -0.3 is 15.5 Å². The van der Waals surface area contributed by atoms with Crippen molar-refractivity contribution in [2.45, 2.75) is 19.9 Å². The van der Waals surface area contributed by atoms with Crippen molar-refractivity contribution in [1.82, 2.24) is 29.9 Å². The normalized spacial score (nSPS) is 17.6. The third kappa shape index (κ3) is 4.08. The predicted octanol–water partition coefficient (Wildman–Crippen LogP) is 1.03. The number of nitrogens with one attached hydrogen (secondary N) is 2. The summed E-state index contributed by atoms with van der Waals surface area (Å²) in [4.78, 5) is 21.3. The molecule has 2 aromatic rings. The molecule has 2 amide bonds. The number of rotatable bonds is 4. The number of carbonyl (C=O) groups excluding carboxylic acids is 1. The maximum atomic E-state index is 12.2. The van der Waals surface area contributed by atoms with E-state index in [1.807, 2.05) is 20.0 Å². The Morgan fingerprint density at radius 2 is 2.00 bits per heavy atom. The van der Waals surface area contributed by atoms with Crippen LogP contribution in [0.1, 0.15) is 12.6 Å². The van der Waals surface area contributed by atoms with Crippen molar-refractivity contribution < 1.29 is 4.79 Å². The Labute approximate surface area is 148 Å². The van der Waals surface area contributed by atoms with E-state index in [4.69, 9.17) is 0 Å². The summed E-state index contributed by atoms with van der Waals surface area (Å²) in [6.45, 7) is 8.95. The number of pyridine rings is 1. The van der Waals surface area contributed by atoms with Crippen LogP contribution in [-0.4, -0.2) is 76.4 Å². The second-order valence-corrected chi connectivity index (χ2v) is 6.83. The fraction of sp³-hybridized carbons (Fsp3) is 0.588. The first-order valence-corrected chi connectivity index (χ1v) is 8.71. The summed E-state index contributed by atoms with van der Waals surface area (Å²) in [6, 6.07) is 2.03. The van der Waals surface area contributed by atoms with E-state index in [0.29, 0.717) is 18.3 Å². The van der Waals surface area contributed by atoms with Crippen molar-refractivity contribution >= 4 is 22.8 Å². The molecule has 1 aliphatic heterocycles. The standard InChI is InChI=1S/C17H27N7O/c1-12(24-7-5-22(3)6-8-24)10-19-17(25)20-14-9-15-13(2)21-23(4)16(15)18-11-14/h9,11-12H,5-8,10H2,1-4H3,(H2,19,20,25). The summed E-state index contributed by atoms with van der Waals surface area (Å²) in [5, 5.41) is 11.1. The van der Waals surface area contributed by atoms with Gasteiger partial charge >= 0.3 is 6.03 Å². The molecule has 0 radical (unpaired) electrons. The van der Waals surface area contributed by atoms with Gasteiger partial charge in [-0.15, -0.1) is 0 Å². The summed E-state index contributed by atoms with van der Waals surface area (Å²) in [6.07, 6.45) is 1.66. The number of fused-ring (bicyclic) bond motifs is 1. The van der Waals surface area contributed by atoms with Crippen LogP contribution in [0.4, 0.5) is 10.5 Å². The average Bonchev–Trinajstić information content (AvgIpc) is 2.87. The first-order valence-electron chi connectivity index (χ1n) is 8.71. The molecular formula is C17H27N7O. The van der Waals surface area contributed by atoms with E-state index < -0.39 is 0 Å². The van der Waals surface area contributed by atoms with E-state index in [9.17, 15) is 4.79 Å². The highest BCUT2D eigenvalue weighted by Crippen LogP contribution is 2.19. The number of likely N-dealkylation sites (N-methyl/N-ethyl adjacent to an activating group) is 1. The van der Waals surface area contributed by atoms with Crippen molar-refractivity contribution in [1.29, 1.82) is 0 Å². The van der Waals surface area contributed by atoms with Crippen molar-refractivity contribution in [3.63, 3.8) is 0 Å². The van der Waals surface area contributed by atoms with Crippen LogP contribution in [0.25, 0.3) is 11.0 Å². The topological polar surface area (TPSA) is 78.3 Å². The fourth-order valence-electron chi connectivity index (χ4n) is 3.18. The number of carbonyl (C=O) groups is 1. The van der Waals surface area contributed by atoms with Crippen molar-refractivity contribution in [3.8, 4) is 0 Å². The Morgan fingerprint density at radius 1 is 1.28 bits per heavy atom. The number of nitrogens with zero attached hydrogens (tertiary/aromatic N) is 5. The lowest BCUT2D eigenvalue weighted by atomic mass is 10.2. The zero-order valence-electron chi connectivity index (χ0n) is 15.4. The van der Waals surface area contributed by atoms with Crippen molar-refractivity contribution in [3.05, 3.63) is 18.0 Å². The van der Waals surface area contributed by atoms with Gasteiger partial charge in [0.2, 0.25) is 0 Å². The number of urea groups is 1. The molecule has 1 aliphatic rings. The molecular weight excluding hydrogens is 318 g/mol. The first kappa shape index (κ1) is 17.6. The molecule has 0 aliphatic carbocycles. The van der Waals surface area contributed by atoms with E-state index in [-0.39, 0.29) is 6.03 Å². The lowest BCUT2D eigenvalue weighted by Crippen LogP contribution is -2.51. The second kappa shape index (κ2) is 7.37. The van der Waals surface area contributed by atoms with E-state index >= 15 is 0 Å². The largest absolute Gasteiger partial charge is 0.336 e. The van der Waals surface area contributed by atoms with Gasteiger partial charge in [0.1, 0.15) is 0 Å². The molecule has 1 fully saturated rings. The molecule has 3 rings (SSSR count). The Bertz CT molecular complexity index is 749. The molecule has 8 heteroatoms. The molecule has 3 heterocycles. The fourth-order valence-corrected chi connectivity index (χ4v) is 3.18. The highest BCUT2D eigenvalue weighted by Gasteiger charge is 2.19. The van der Waals surface area contributed by atoms with Crippen LogP contribution in [0.15, 0.2) is 12.3 Å². The number of piperazine rings is 1. The van der Waals surface area contributed by atoms with Crippen LogP contribution < -0.4 is 10.6 Å². The summed E-state index contributed by atoms with van der Waals surface area (Å²) < 4.78 is 1.74. The highest BCUT2D eigenvalue weighted by atomic mass is 16.2. The minimum atomic E-state index is -0.205. The van der Waals surface area contributed by atoms with E-state index in [1.54, 1.807) is 10.9 Å². The van der Waals surface area contributed by atoms with Crippen LogP contribution in [0.2, 0.25) is 0 Å². The monoisotopic (exact) mass is 345 g/mol. The van der Waals surface area contributed by atoms with Crippen LogP contribution in [-0.2, 0) is 7.05 Å². The lowest BCUT2D eigenvalue weighted by Gasteiger charge is -2.36. The molecule has 1 saturated heterocycles. The Kier molecular flexibility index (Phi) is 5.19. The van der Waals surface area contributed by atoms with Gasteiger partial charge in [-0.25, -0.2) is 9.78 Å². The average molecular weight is 345 g/mol. The first-order chi connectivity index (χ1) is 11.9. The molecule has 0 bridgehead atoms. The lowest BCUT2D eigenvalue weighted by molar-refractivity contribution is 0.119. The summed E-state index contributed by atoms with van der Waals surface area (Å²) in [5.41, 5.74) is 2.39. The van der Waals surface area contributed by atoms with Gasteiger partial charge in [-0.05, 0) is 27.0 Å². The SMILES string of the molecule is Cc1nn(C)c2ncc(NC(=O)NCC(C)N3CCN(C)CC3)cc12. The van der Waals surface area contributed by atoms with Gasteiger partial charge in [0.05, 0.1) is 17.6 Å². The number of hydrogen-bond acceptors (Lipinski definition) is 5. The van der Waals surface area contributed by atoms with Crippen molar-refractivity contribution in [2.75, 3.05) is 45.1 Å². The molecule has 2 aromatic heterocycles. The van der Waals surface area contributed by atoms with E-state index in [1.165, 1.54) is 0 Å². The molecule has 0 aromatic carbocycles. The number of anilines is 1. The number of hydrogen-bond donors (Lipinski definition) is 2. The summed E-state index contributed by atoms with van der Waals surface area (Å²) in [5.74, 6) is 0. The summed E-state index contributed by atoms with van der Waals surface area (Å²) in [7, 11) is 4.00. The third-order valence-electron chi connectivity index (χ3n) is 4.84. The molecule has 2 N–H and O–H groups in total. The minimum Gasteiger partial charge on any atom is -0.336 e. The predicted molar refractivity (Wildman–Crippen MR) is 98.8 cm³/mol. The van der Waals surface area contributed by atoms with Crippen LogP contribution >= 0.6 is 0 Å². The Hall–Kier alpha value is -2.19. The Morgan fingerprint density at radius 3 is 2.72 bits per heavy atom. The molecule has 0 spiro atoms. The van der Waals surface area contributed by atoms with Crippen molar-refractivity contribution in [2.24, 2.45) is 7.05 Å². The zero-order valence-corrected chi connectivity index (χ0v) is 15.4. The smallest absolute Gasteiger partial charge is 0.319 e. The van der Waals surface area contributed by atoms with E-state index in [0.717, 1.165) is 42.9 Å². The Balaban J connectivity index is 1.53. The zero-order chi connectivity index (χ0) is 18.0. The second-order valence-electron chi connectivity index (χ2n) is 6.83. The third-order valence-corrected chi connectivity index (χ3v) is 4.84. The van der Waals surface area contributed by atoms with Gasteiger partial charge in [0, 0.05) is 51.2 Å². The number of aryl methyl sites for hydroxylation is 2. The van der Waals surface area contributed by atoms with Gasteiger partial charge in [-0.2, -0.15) is 5.10 Å². The molecule has 136 valence electrons. The quantitative estimate of drug-likeness (QED) is 0.865. The maximum Gasteiger partial charge on any atom is 0.319 e. The number of aromatic nitrogens is 3. The van der Waals surface area contributed by atoms with Gasteiger partial charge in [0.15, 0.2) is 5.65 Å². The minimum absolute atomic E-state index is 0.205.